The molecule has 2 aromatic carbocycles. The van der Waals surface area contributed by atoms with E-state index in [0.717, 1.165) is 12.0 Å². The smallest absolute Gasteiger partial charge is 0.264 e. The number of carbonyl (C=O) groups excluding carboxylic acids is 1. The standard InChI is InChI=1S/C18H15FN2OS/c1-2-12-7-9-13(10-8-12)11-16-17(22)21-18(23-16)20-15-6-4-3-5-14(15)19/h3-11H,2H2,1H3,(H,20,21,22). The molecule has 1 amide bonds. The Morgan fingerprint density at radius 2 is 1.91 bits per heavy atom. The van der Waals surface area contributed by atoms with E-state index < -0.39 is 5.82 Å². The number of amides is 1. The number of rotatable bonds is 3. The summed E-state index contributed by atoms with van der Waals surface area (Å²) >= 11 is 1.21. The lowest BCUT2D eigenvalue weighted by Crippen LogP contribution is -2.19. The summed E-state index contributed by atoms with van der Waals surface area (Å²) in [6, 6.07) is 14.3. The minimum atomic E-state index is -0.414. The number of amidine groups is 1. The molecule has 23 heavy (non-hydrogen) atoms. The summed E-state index contributed by atoms with van der Waals surface area (Å²) in [6.45, 7) is 2.10. The van der Waals surface area contributed by atoms with Gasteiger partial charge in [0.15, 0.2) is 5.17 Å². The van der Waals surface area contributed by atoms with Crippen molar-refractivity contribution in [3.05, 3.63) is 70.4 Å². The first-order valence-corrected chi connectivity index (χ1v) is 8.10. The fourth-order valence-electron chi connectivity index (χ4n) is 2.13. The molecular formula is C18H15FN2OS. The lowest BCUT2D eigenvalue weighted by Gasteiger charge is -1.98. The molecule has 2 aromatic rings. The fraction of sp³-hybridized carbons (Fsp3) is 0.111. The van der Waals surface area contributed by atoms with Crippen LogP contribution in [0.4, 0.5) is 10.1 Å². The van der Waals surface area contributed by atoms with Gasteiger partial charge in [-0.15, -0.1) is 0 Å². The van der Waals surface area contributed by atoms with Gasteiger partial charge in [0.2, 0.25) is 0 Å². The molecule has 1 fully saturated rings. The third-order valence-corrected chi connectivity index (χ3v) is 4.32. The normalized spacial score (nSPS) is 17.7. The number of hydrogen-bond acceptors (Lipinski definition) is 3. The van der Waals surface area contributed by atoms with Crippen LogP contribution in [-0.2, 0) is 11.2 Å². The Morgan fingerprint density at radius 3 is 2.61 bits per heavy atom. The summed E-state index contributed by atoms with van der Waals surface area (Å²) in [5, 5.41) is 3.05. The quantitative estimate of drug-likeness (QED) is 0.855. The molecule has 0 aliphatic carbocycles. The molecule has 0 spiro atoms. The minimum absolute atomic E-state index is 0.212. The number of benzene rings is 2. The molecule has 0 saturated carbocycles. The minimum Gasteiger partial charge on any atom is -0.300 e. The first kappa shape index (κ1) is 15.5. The summed E-state index contributed by atoms with van der Waals surface area (Å²) in [5.74, 6) is -0.632. The third kappa shape index (κ3) is 3.68. The van der Waals surface area contributed by atoms with Gasteiger partial charge in [0.1, 0.15) is 11.5 Å². The highest BCUT2D eigenvalue weighted by Crippen LogP contribution is 2.28. The van der Waals surface area contributed by atoms with Gasteiger partial charge in [-0.25, -0.2) is 9.38 Å². The Labute approximate surface area is 138 Å². The predicted octanol–water partition coefficient (Wildman–Crippen LogP) is 4.28. The van der Waals surface area contributed by atoms with Gasteiger partial charge in [-0.1, -0.05) is 43.3 Å². The summed E-state index contributed by atoms with van der Waals surface area (Å²) in [4.78, 5) is 16.7. The van der Waals surface area contributed by atoms with Crippen molar-refractivity contribution in [2.75, 3.05) is 0 Å². The van der Waals surface area contributed by atoms with Gasteiger partial charge in [-0.3, -0.25) is 4.79 Å². The van der Waals surface area contributed by atoms with E-state index in [9.17, 15) is 9.18 Å². The van der Waals surface area contributed by atoms with Gasteiger partial charge >= 0.3 is 0 Å². The molecule has 3 nitrogen and oxygen atoms in total. The van der Waals surface area contributed by atoms with Crippen LogP contribution in [0.15, 0.2) is 58.4 Å². The number of nitrogens with one attached hydrogen (secondary N) is 1. The lowest BCUT2D eigenvalue weighted by molar-refractivity contribution is -0.115. The van der Waals surface area contributed by atoms with Crippen LogP contribution in [0.3, 0.4) is 0 Å². The number of thioether (sulfide) groups is 1. The number of para-hydroxylation sites is 1. The molecule has 1 heterocycles. The van der Waals surface area contributed by atoms with Crippen molar-refractivity contribution in [2.45, 2.75) is 13.3 Å². The van der Waals surface area contributed by atoms with Crippen LogP contribution in [0.25, 0.3) is 6.08 Å². The van der Waals surface area contributed by atoms with Gasteiger partial charge in [0.05, 0.1) is 4.91 Å². The summed E-state index contributed by atoms with van der Waals surface area (Å²) in [5.41, 5.74) is 2.41. The van der Waals surface area contributed by atoms with Crippen molar-refractivity contribution in [2.24, 2.45) is 4.99 Å². The number of nitrogens with zero attached hydrogens (tertiary/aromatic N) is 1. The van der Waals surface area contributed by atoms with Crippen LogP contribution in [0, 0.1) is 5.82 Å². The molecule has 1 aliphatic rings. The molecule has 0 atom stereocenters. The van der Waals surface area contributed by atoms with Gasteiger partial charge in [0, 0.05) is 0 Å². The average Bonchev–Trinajstić information content (AvgIpc) is 2.90. The molecule has 1 aliphatic heterocycles. The van der Waals surface area contributed by atoms with Crippen LogP contribution < -0.4 is 5.32 Å². The maximum Gasteiger partial charge on any atom is 0.264 e. The van der Waals surface area contributed by atoms with Gasteiger partial charge in [-0.05, 0) is 47.5 Å². The number of aliphatic imine (C=N–C) groups is 1. The molecule has 1 N–H and O–H groups in total. The van der Waals surface area contributed by atoms with Crippen LogP contribution in [-0.4, -0.2) is 11.1 Å². The Balaban J connectivity index is 1.82. The second-order valence-electron chi connectivity index (χ2n) is 5.03. The second kappa shape index (κ2) is 6.79. The molecule has 3 rings (SSSR count). The highest BCUT2D eigenvalue weighted by Gasteiger charge is 2.24. The van der Waals surface area contributed by atoms with Gasteiger partial charge < -0.3 is 5.32 Å². The molecule has 0 aromatic heterocycles. The van der Waals surface area contributed by atoms with E-state index in [1.165, 1.54) is 23.4 Å². The zero-order valence-corrected chi connectivity index (χ0v) is 13.4. The number of aryl methyl sites for hydroxylation is 1. The van der Waals surface area contributed by atoms with Crippen molar-refractivity contribution in [1.82, 2.24) is 5.32 Å². The first-order valence-electron chi connectivity index (χ1n) is 7.29. The molecule has 0 unspecified atom stereocenters. The maximum absolute atomic E-state index is 13.6. The van der Waals surface area contributed by atoms with E-state index in [1.54, 1.807) is 18.2 Å². The molecule has 5 heteroatoms. The highest BCUT2D eigenvalue weighted by molar-refractivity contribution is 8.18. The number of carbonyl (C=O) groups is 1. The van der Waals surface area contributed by atoms with Crippen molar-refractivity contribution in [3.8, 4) is 0 Å². The fourth-order valence-corrected chi connectivity index (χ4v) is 2.97. The topological polar surface area (TPSA) is 41.5 Å². The lowest BCUT2D eigenvalue weighted by atomic mass is 10.1. The Bertz CT molecular complexity index is 797. The average molecular weight is 326 g/mol. The van der Waals surface area contributed by atoms with Gasteiger partial charge in [0.25, 0.3) is 5.91 Å². The largest absolute Gasteiger partial charge is 0.300 e. The van der Waals surface area contributed by atoms with Crippen LogP contribution in [0.1, 0.15) is 18.1 Å². The van der Waals surface area contributed by atoms with Crippen molar-refractivity contribution >= 4 is 34.6 Å². The van der Waals surface area contributed by atoms with E-state index in [4.69, 9.17) is 0 Å². The van der Waals surface area contributed by atoms with Crippen LogP contribution >= 0.6 is 11.8 Å². The molecular weight excluding hydrogens is 311 g/mol. The van der Waals surface area contributed by atoms with E-state index in [0.29, 0.717) is 10.1 Å². The molecule has 0 radical (unpaired) electrons. The summed E-state index contributed by atoms with van der Waals surface area (Å²) in [7, 11) is 0. The number of hydrogen-bond donors (Lipinski definition) is 1. The molecule has 0 bridgehead atoms. The van der Waals surface area contributed by atoms with Gasteiger partial charge in [-0.2, -0.15) is 0 Å². The van der Waals surface area contributed by atoms with Crippen molar-refractivity contribution < 1.29 is 9.18 Å². The Morgan fingerprint density at radius 1 is 1.17 bits per heavy atom. The number of halogens is 1. The maximum atomic E-state index is 13.6. The molecule has 1 saturated heterocycles. The Hall–Kier alpha value is -2.40. The highest BCUT2D eigenvalue weighted by atomic mass is 32.2. The first-order chi connectivity index (χ1) is 11.2. The zero-order valence-electron chi connectivity index (χ0n) is 12.5. The monoisotopic (exact) mass is 326 g/mol. The third-order valence-electron chi connectivity index (χ3n) is 3.41. The van der Waals surface area contributed by atoms with E-state index in [2.05, 4.69) is 17.2 Å². The van der Waals surface area contributed by atoms with E-state index >= 15 is 0 Å². The predicted molar refractivity (Wildman–Crippen MR) is 93.0 cm³/mol. The van der Waals surface area contributed by atoms with E-state index in [-0.39, 0.29) is 11.6 Å². The van der Waals surface area contributed by atoms with Crippen molar-refractivity contribution in [1.29, 1.82) is 0 Å². The summed E-state index contributed by atoms with van der Waals surface area (Å²) in [6.07, 6.45) is 2.79. The van der Waals surface area contributed by atoms with Crippen LogP contribution in [0.5, 0.6) is 0 Å². The zero-order chi connectivity index (χ0) is 16.2. The Kier molecular flexibility index (Phi) is 4.57. The molecule has 116 valence electrons. The summed E-state index contributed by atoms with van der Waals surface area (Å²) < 4.78 is 13.6. The SMILES string of the molecule is CCc1ccc(C=C2SC(=Nc3ccccc3F)NC2=O)cc1. The van der Waals surface area contributed by atoms with Crippen molar-refractivity contribution in [3.63, 3.8) is 0 Å². The van der Waals surface area contributed by atoms with Crippen LogP contribution in [0.2, 0.25) is 0 Å². The second-order valence-corrected chi connectivity index (χ2v) is 6.06. The van der Waals surface area contributed by atoms with E-state index in [1.807, 2.05) is 30.3 Å².